The molecular formula is C24H25NO6. The Morgan fingerprint density at radius 1 is 1.13 bits per heavy atom. The standard InChI is InChI=1S/C24H25NO6/c1-3-4-10-20(24(28)29)25-23(27)15(2)30-17-11-12-18-19(16-8-6-5-7-9-16)14-22(26)31-21(18)13-17/h5-9,11-15,20H,3-4,10H2,1-2H3,(H,25,27)(H,28,29)/t15-,20+/m1/s1. The largest absolute Gasteiger partial charge is 0.481 e. The summed E-state index contributed by atoms with van der Waals surface area (Å²) in [5, 5.41) is 12.5. The van der Waals surface area contributed by atoms with Crippen LogP contribution < -0.4 is 15.7 Å². The highest BCUT2D eigenvalue weighted by atomic mass is 16.5. The Bertz CT molecular complexity index is 1120. The van der Waals surface area contributed by atoms with Crippen molar-refractivity contribution in [3.63, 3.8) is 0 Å². The number of carbonyl (C=O) groups is 2. The van der Waals surface area contributed by atoms with E-state index in [-0.39, 0.29) is 0 Å². The van der Waals surface area contributed by atoms with Crippen LogP contribution in [-0.4, -0.2) is 29.1 Å². The van der Waals surface area contributed by atoms with Gasteiger partial charge in [0.1, 0.15) is 17.4 Å². The van der Waals surface area contributed by atoms with Gasteiger partial charge in [-0.3, -0.25) is 4.79 Å². The zero-order valence-corrected chi connectivity index (χ0v) is 17.5. The van der Waals surface area contributed by atoms with E-state index in [1.54, 1.807) is 18.2 Å². The van der Waals surface area contributed by atoms with Gasteiger partial charge in [0.05, 0.1) is 0 Å². The number of benzene rings is 2. The molecule has 31 heavy (non-hydrogen) atoms. The monoisotopic (exact) mass is 423 g/mol. The van der Waals surface area contributed by atoms with Crippen molar-refractivity contribution in [3.8, 4) is 16.9 Å². The van der Waals surface area contributed by atoms with Crippen molar-refractivity contribution in [1.82, 2.24) is 5.32 Å². The second-order valence-corrected chi connectivity index (χ2v) is 7.30. The summed E-state index contributed by atoms with van der Waals surface area (Å²) < 4.78 is 11.0. The average molecular weight is 423 g/mol. The Hall–Kier alpha value is -3.61. The number of aliphatic carboxylic acids is 1. The molecule has 0 saturated carbocycles. The molecule has 3 rings (SSSR count). The number of unbranched alkanes of at least 4 members (excludes halogenated alkanes) is 1. The van der Waals surface area contributed by atoms with Crippen LogP contribution >= 0.6 is 0 Å². The van der Waals surface area contributed by atoms with E-state index >= 15 is 0 Å². The molecule has 2 atom stereocenters. The lowest BCUT2D eigenvalue weighted by Crippen LogP contribution is -2.46. The Kier molecular flexibility index (Phi) is 7.07. The van der Waals surface area contributed by atoms with Gasteiger partial charge in [-0.2, -0.15) is 0 Å². The van der Waals surface area contributed by atoms with Crippen LogP contribution in [0.4, 0.5) is 0 Å². The minimum absolute atomic E-state index is 0.336. The summed E-state index contributed by atoms with van der Waals surface area (Å²) in [6.45, 7) is 3.49. The summed E-state index contributed by atoms with van der Waals surface area (Å²) in [4.78, 5) is 35.8. The van der Waals surface area contributed by atoms with Gasteiger partial charge in [0.15, 0.2) is 6.10 Å². The minimum Gasteiger partial charge on any atom is -0.481 e. The van der Waals surface area contributed by atoms with Crippen LogP contribution in [0, 0.1) is 0 Å². The smallest absolute Gasteiger partial charge is 0.336 e. The van der Waals surface area contributed by atoms with E-state index in [0.717, 1.165) is 22.9 Å². The summed E-state index contributed by atoms with van der Waals surface area (Å²) in [6, 6.07) is 15.0. The van der Waals surface area contributed by atoms with Crippen LogP contribution in [-0.2, 0) is 9.59 Å². The molecule has 1 heterocycles. The second kappa shape index (κ2) is 9.93. The van der Waals surface area contributed by atoms with Crippen molar-refractivity contribution in [3.05, 3.63) is 65.0 Å². The molecule has 0 radical (unpaired) electrons. The average Bonchev–Trinajstić information content (AvgIpc) is 2.76. The molecular weight excluding hydrogens is 398 g/mol. The normalized spacial score (nSPS) is 12.8. The molecule has 2 aromatic carbocycles. The molecule has 7 nitrogen and oxygen atoms in total. The number of carboxylic acid groups (broad SMARTS) is 1. The van der Waals surface area contributed by atoms with Gasteiger partial charge in [-0.15, -0.1) is 0 Å². The summed E-state index contributed by atoms with van der Waals surface area (Å²) in [7, 11) is 0. The van der Waals surface area contributed by atoms with E-state index in [0.29, 0.717) is 24.2 Å². The molecule has 7 heteroatoms. The molecule has 0 saturated heterocycles. The first-order valence-electron chi connectivity index (χ1n) is 10.2. The fourth-order valence-corrected chi connectivity index (χ4v) is 3.29. The first-order valence-corrected chi connectivity index (χ1v) is 10.2. The lowest BCUT2D eigenvalue weighted by molar-refractivity contribution is -0.143. The second-order valence-electron chi connectivity index (χ2n) is 7.30. The van der Waals surface area contributed by atoms with Crippen LogP contribution in [0.5, 0.6) is 5.75 Å². The number of ether oxygens (including phenoxy) is 1. The molecule has 1 aromatic heterocycles. The van der Waals surface area contributed by atoms with E-state index in [1.165, 1.54) is 13.0 Å². The van der Waals surface area contributed by atoms with E-state index < -0.39 is 29.6 Å². The summed E-state index contributed by atoms with van der Waals surface area (Å²) in [5.41, 5.74) is 1.47. The van der Waals surface area contributed by atoms with Crippen LogP contribution in [0.3, 0.4) is 0 Å². The fraction of sp³-hybridized carbons (Fsp3) is 0.292. The number of fused-ring (bicyclic) bond motifs is 1. The highest BCUT2D eigenvalue weighted by molar-refractivity contribution is 5.94. The van der Waals surface area contributed by atoms with E-state index in [1.807, 2.05) is 37.3 Å². The van der Waals surface area contributed by atoms with Crippen LogP contribution in [0.25, 0.3) is 22.1 Å². The zero-order valence-electron chi connectivity index (χ0n) is 17.5. The highest BCUT2D eigenvalue weighted by Gasteiger charge is 2.23. The maximum absolute atomic E-state index is 12.4. The van der Waals surface area contributed by atoms with Crippen molar-refractivity contribution >= 4 is 22.8 Å². The maximum Gasteiger partial charge on any atom is 0.336 e. The summed E-state index contributed by atoms with van der Waals surface area (Å²) in [5.74, 6) is -1.26. The van der Waals surface area contributed by atoms with E-state index in [2.05, 4.69) is 5.32 Å². The fourth-order valence-electron chi connectivity index (χ4n) is 3.29. The van der Waals surface area contributed by atoms with Crippen molar-refractivity contribution in [2.75, 3.05) is 0 Å². The van der Waals surface area contributed by atoms with Crippen LogP contribution in [0.15, 0.2) is 63.8 Å². The van der Waals surface area contributed by atoms with Gasteiger partial charge >= 0.3 is 11.6 Å². The topological polar surface area (TPSA) is 106 Å². The third kappa shape index (κ3) is 5.51. The van der Waals surface area contributed by atoms with Gasteiger partial charge < -0.3 is 19.6 Å². The zero-order chi connectivity index (χ0) is 22.4. The molecule has 3 aromatic rings. The summed E-state index contributed by atoms with van der Waals surface area (Å²) >= 11 is 0. The number of carboxylic acids is 1. The third-order valence-electron chi connectivity index (χ3n) is 4.94. The molecule has 0 unspecified atom stereocenters. The SMILES string of the molecule is CCCC[C@H](NC(=O)[C@@H](C)Oc1ccc2c(-c3ccccc3)cc(=O)oc2c1)C(=O)O. The number of hydrogen-bond donors (Lipinski definition) is 2. The van der Waals surface area contributed by atoms with Gasteiger partial charge in [0, 0.05) is 17.5 Å². The number of hydrogen-bond acceptors (Lipinski definition) is 5. The summed E-state index contributed by atoms with van der Waals surface area (Å²) in [6.07, 6.45) is 0.956. The van der Waals surface area contributed by atoms with E-state index in [4.69, 9.17) is 9.15 Å². The molecule has 0 aliphatic heterocycles. The Morgan fingerprint density at radius 3 is 2.55 bits per heavy atom. The van der Waals surface area contributed by atoms with Crippen LogP contribution in [0.1, 0.15) is 33.1 Å². The predicted molar refractivity (Wildman–Crippen MR) is 117 cm³/mol. The third-order valence-corrected chi connectivity index (χ3v) is 4.94. The molecule has 162 valence electrons. The molecule has 0 bridgehead atoms. The Labute approximate surface area is 179 Å². The van der Waals surface area contributed by atoms with E-state index in [9.17, 15) is 19.5 Å². The van der Waals surface area contributed by atoms with Crippen molar-refractivity contribution < 1.29 is 23.8 Å². The molecule has 0 spiro atoms. The van der Waals surface area contributed by atoms with Crippen molar-refractivity contribution in [1.29, 1.82) is 0 Å². The Balaban J connectivity index is 1.80. The number of rotatable bonds is 9. The molecule has 0 aliphatic carbocycles. The lowest BCUT2D eigenvalue weighted by atomic mass is 10.0. The quantitative estimate of drug-likeness (QED) is 0.504. The maximum atomic E-state index is 12.4. The lowest BCUT2D eigenvalue weighted by Gasteiger charge is -2.19. The molecule has 0 fully saturated rings. The first kappa shape index (κ1) is 22.1. The first-order chi connectivity index (χ1) is 14.9. The van der Waals surface area contributed by atoms with Gasteiger partial charge in [-0.05, 0) is 36.6 Å². The van der Waals surface area contributed by atoms with Gasteiger partial charge in [0.25, 0.3) is 5.91 Å². The van der Waals surface area contributed by atoms with Gasteiger partial charge in [0.2, 0.25) is 0 Å². The minimum atomic E-state index is -1.07. The number of amides is 1. The molecule has 2 N–H and O–H groups in total. The van der Waals surface area contributed by atoms with Gasteiger partial charge in [-0.1, -0.05) is 50.1 Å². The van der Waals surface area contributed by atoms with Crippen molar-refractivity contribution in [2.24, 2.45) is 0 Å². The molecule has 0 aliphatic rings. The number of nitrogens with one attached hydrogen (secondary N) is 1. The van der Waals surface area contributed by atoms with Crippen molar-refractivity contribution in [2.45, 2.75) is 45.3 Å². The highest BCUT2D eigenvalue weighted by Crippen LogP contribution is 2.29. The Morgan fingerprint density at radius 2 is 1.87 bits per heavy atom. The van der Waals surface area contributed by atoms with Crippen LogP contribution in [0.2, 0.25) is 0 Å². The molecule has 1 amide bonds. The number of carbonyl (C=O) groups excluding carboxylic acids is 1. The van der Waals surface area contributed by atoms with Gasteiger partial charge in [-0.25, -0.2) is 9.59 Å². The predicted octanol–water partition coefficient (Wildman–Crippen LogP) is 3.99.